The van der Waals surface area contributed by atoms with Gasteiger partial charge in [0.2, 0.25) is 0 Å². The van der Waals surface area contributed by atoms with Gasteiger partial charge in [0.1, 0.15) is 0 Å². The summed E-state index contributed by atoms with van der Waals surface area (Å²) in [6.45, 7) is 0. The summed E-state index contributed by atoms with van der Waals surface area (Å²) < 4.78 is 0. The maximum Gasteiger partial charge on any atom is 0.0432 e. The molecule has 1 nitrogen and oxygen atoms in total. The van der Waals surface area contributed by atoms with E-state index in [2.05, 4.69) is 18.7 Å². The van der Waals surface area contributed by atoms with Crippen LogP contribution in [0.3, 0.4) is 0 Å². The van der Waals surface area contributed by atoms with Crippen LogP contribution in [0, 0.1) is 0 Å². The predicted octanol–water partition coefficient (Wildman–Crippen LogP) is 3.26. The molecule has 1 aromatic rings. The zero-order valence-corrected chi connectivity index (χ0v) is 8.85. The minimum Gasteiger partial charge on any atom is -0.399 e. The van der Waals surface area contributed by atoms with Gasteiger partial charge in [-0.1, -0.05) is 23.8 Å². The molecule has 0 saturated carbocycles. The van der Waals surface area contributed by atoms with Crippen LogP contribution in [0.25, 0.3) is 6.08 Å². The van der Waals surface area contributed by atoms with Crippen LogP contribution in [0.2, 0.25) is 5.02 Å². The van der Waals surface area contributed by atoms with E-state index >= 15 is 0 Å². The SMILES string of the molecule is Nc1cc(Cl)cc(C=CCCS)c1. The molecule has 0 aromatic heterocycles. The van der Waals surface area contributed by atoms with E-state index < -0.39 is 0 Å². The monoisotopic (exact) mass is 213 g/mol. The van der Waals surface area contributed by atoms with Crippen molar-refractivity contribution in [1.29, 1.82) is 0 Å². The Morgan fingerprint density at radius 3 is 2.77 bits per heavy atom. The molecule has 0 heterocycles. The lowest BCUT2D eigenvalue weighted by Gasteiger charge is -1.97. The highest BCUT2D eigenvalue weighted by Gasteiger charge is 1.92. The quantitative estimate of drug-likeness (QED) is 0.585. The number of thiol groups is 1. The molecular weight excluding hydrogens is 202 g/mol. The second-order valence-corrected chi connectivity index (χ2v) is 3.62. The van der Waals surface area contributed by atoms with Gasteiger partial charge in [0, 0.05) is 10.7 Å². The number of anilines is 1. The van der Waals surface area contributed by atoms with E-state index in [1.165, 1.54) is 0 Å². The Morgan fingerprint density at radius 1 is 1.38 bits per heavy atom. The molecule has 0 saturated heterocycles. The fraction of sp³-hybridized carbons (Fsp3) is 0.200. The second-order valence-electron chi connectivity index (χ2n) is 2.73. The topological polar surface area (TPSA) is 26.0 Å². The van der Waals surface area contributed by atoms with Crippen molar-refractivity contribution in [3.05, 3.63) is 34.9 Å². The molecule has 0 aliphatic heterocycles. The van der Waals surface area contributed by atoms with Crippen molar-refractivity contribution < 1.29 is 0 Å². The van der Waals surface area contributed by atoms with Gasteiger partial charge >= 0.3 is 0 Å². The molecule has 70 valence electrons. The Labute approximate surface area is 89.0 Å². The van der Waals surface area contributed by atoms with Crippen LogP contribution >= 0.6 is 24.2 Å². The second kappa shape index (κ2) is 5.20. The first-order valence-electron chi connectivity index (χ1n) is 4.06. The van der Waals surface area contributed by atoms with Gasteiger partial charge in [-0.15, -0.1) is 0 Å². The zero-order valence-electron chi connectivity index (χ0n) is 7.20. The molecule has 2 N–H and O–H groups in total. The van der Waals surface area contributed by atoms with E-state index in [9.17, 15) is 0 Å². The van der Waals surface area contributed by atoms with Gasteiger partial charge in [0.05, 0.1) is 0 Å². The minimum atomic E-state index is 0.672. The van der Waals surface area contributed by atoms with E-state index in [-0.39, 0.29) is 0 Å². The van der Waals surface area contributed by atoms with Gasteiger partial charge in [-0.3, -0.25) is 0 Å². The molecule has 0 atom stereocenters. The molecule has 0 aliphatic carbocycles. The van der Waals surface area contributed by atoms with Crippen molar-refractivity contribution in [2.75, 3.05) is 11.5 Å². The summed E-state index contributed by atoms with van der Waals surface area (Å²) in [7, 11) is 0. The Morgan fingerprint density at radius 2 is 2.15 bits per heavy atom. The summed E-state index contributed by atoms with van der Waals surface area (Å²) in [6, 6.07) is 5.51. The molecule has 0 unspecified atom stereocenters. The van der Waals surface area contributed by atoms with Crippen LogP contribution in [0.5, 0.6) is 0 Å². The lowest BCUT2D eigenvalue weighted by atomic mass is 10.2. The third-order valence-corrected chi connectivity index (χ3v) is 2.02. The number of allylic oxidation sites excluding steroid dienone is 1. The number of rotatable bonds is 3. The highest BCUT2D eigenvalue weighted by atomic mass is 35.5. The first-order valence-corrected chi connectivity index (χ1v) is 5.07. The molecule has 1 aromatic carbocycles. The Bertz CT molecular complexity index is 290. The maximum atomic E-state index is 5.83. The van der Waals surface area contributed by atoms with Crippen LogP contribution in [-0.4, -0.2) is 5.75 Å². The van der Waals surface area contributed by atoms with Crippen LogP contribution in [0.1, 0.15) is 12.0 Å². The van der Waals surface area contributed by atoms with Gasteiger partial charge in [0.15, 0.2) is 0 Å². The summed E-state index contributed by atoms with van der Waals surface area (Å²) in [5, 5.41) is 0.672. The number of nitrogens with two attached hydrogens (primary N) is 1. The minimum absolute atomic E-state index is 0.672. The predicted molar refractivity (Wildman–Crippen MR) is 63.4 cm³/mol. The fourth-order valence-corrected chi connectivity index (χ4v) is 1.43. The molecule has 0 radical (unpaired) electrons. The Kier molecular flexibility index (Phi) is 4.19. The van der Waals surface area contributed by atoms with Gasteiger partial charge < -0.3 is 5.73 Å². The smallest absolute Gasteiger partial charge is 0.0432 e. The van der Waals surface area contributed by atoms with E-state index in [1.807, 2.05) is 18.2 Å². The molecule has 0 bridgehead atoms. The summed E-state index contributed by atoms with van der Waals surface area (Å²) >= 11 is 9.94. The first-order chi connectivity index (χ1) is 6.22. The molecule has 1 rings (SSSR count). The molecule has 0 fully saturated rings. The highest BCUT2D eigenvalue weighted by Crippen LogP contribution is 2.17. The van der Waals surface area contributed by atoms with E-state index in [1.54, 1.807) is 6.07 Å². The van der Waals surface area contributed by atoms with E-state index in [0.29, 0.717) is 10.7 Å². The molecule has 3 heteroatoms. The van der Waals surface area contributed by atoms with Crippen LogP contribution in [-0.2, 0) is 0 Å². The standard InChI is InChI=1S/C10H12ClNS/c11-9-5-8(3-1-2-4-13)6-10(12)7-9/h1,3,5-7,13H,2,4,12H2. The number of nitrogen functional groups attached to an aromatic ring is 1. The Hall–Kier alpha value is -0.600. The highest BCUT2D eigenvalue weighted by molar-refractivity contribution is 7.80. The number of hydrogen-bond acceptors (Lipinski definition) is 2. The molecule has 0 amide bonds. The summed E-state index contributed by atoms with van der Waals surface area (Å²) in [5.41, 5.74) is 7.36. The van der Waals surface area contributed by atoms with Crippen molar-refractivity contribution in [1.82, 2.24) is 0 Å². The average Bonchev–Trinajstić information content (AvgIpc) is 2.03. The fourth-order valence-electron chi connectivity index (χ4n) is 1.03. The molecular formula is C10H12ClNS. The largest absolute Gasteiger partial charge is 0.399 e. The van der Waals surface area contributed by atoms with Gasteiger partial charge in [-0.2, -0.15) is 12.6 Å². The number of halogens is 1. The average molecular weight is 214 g/mol. The molecule has 13 heavy (non-hydrogen) atoms. The zero-order chi connectivity index (χ0) is 9.68. The van der Waals surface area contributed by atoms with Gasteiger partial charge in [-0.05, 0) is 35.9 Å². The van der Waals surface area contributed by atoms with Gasteiger partial charge in [-0.25, -0.2) is 0 Å². The third kappa shape index (κ3) is 3.75. The van der Waals surface area contributed by atoms with Crippen molar-refractivity contribution in [3.63, 3.8) is 0 Å². The van der Waals surface area contributed by atoms with E-state index in [4.69, 9.17) is 17.3 Å². The first kappa shape index (κ1) is 10.5. The maximum absolute atomic E-state index is 5.83. The lowest BCUT2D eigenvalue weighted by molar-refractivity contribution is 1.26. The van der Waals surface area contributed by atoms with Crippen LogP contribution in [0.15, 0.2) is 24.3 Å². The summed E-state index contributed by atoms with van der Waals surface area (Å²) in [5.74, 6) is 0.854. The molecule has 0 spiro atoms. The molecule has 0 aliphatic rings. The summed E-state index contributed by atoms with van der Waals surface area (Å²) in [4.78, 5) is 0. The normalized spacial score (nSPS) is 10.9. The van der Waals surface area contributed by atoms with E-state index in [0.717, 1.165) is 17.7 Å². The van der Waals surface area contributed by atoms with Crippen molar-refractivity contribution >= 4 is 36.0 Å². The number of benzene rings is 1. The van der Waals surface area contributed by atoms with Crippen LogP contribution < -0.4 is 5.73 Å². The van der Waals surface area contributed by atoms with Crippen molar-refractivity contribution in [3.8, 4) is 0 Å². The van der Waals surface area contributed by atoms with Crippen LogP contribution in [0.4, 0.5) is 5.69 Å². The summed E-state index contributed by atoms with van der Waals surface area (Å²) in [6.07, 6.45) is 5.01. The Balaban J connectivity index is 2.77. The van der Waals surface area contributed by atoms with Crippen molar-refractivity contribution in [2.24, 2.45) is 0 Å². The third-order valence-electron chi connectivity index (χ3n) is 1.55. The number of hydrogen-bond donors (Lipinski definition) is 2. The lowest BCUT2D eigenvalue weighted by Crippen LogP contribution is -1.84. The van der Waals surface area contributed by atoms with Crippen molar-refractivity contribution in [2.45, 2.75) is 6.42 Å². The van der Waals surface area contributed by atoms with Gasteiger partial charge in [0.25, 0.3) is 0 Å².